The van der Waals surface area contributed by atoms with Gasteiger partial charge in [-0.1, -0.05) is 9.39 Å². The minimum absolute atomic E-state index is 0.0635. The lowest BCUT2D eigenvalue weighted by molar-refractivity contribution is -0.140. The monoisotopic (exact) mass is 177 g/mol. The van der Waals surface area contributed by atoms with E-state index in [4.69, 9.17) is 9.84 Å². The number of rotatable bonds is 2. The number of carboxylic acids is 1. The van der Waals surface area contributed by atoms with Crippen LogP contribution in [0.3, 0.4) is 0 Å². The Labute approximate surface area is 67.8 Å². The molecule has 0 aliphatic carbocycles. The first-order chi connectivity index (χ1) is 5.15. The van der Waals surface area contributed by atoms with Crippen molar-refractivity contribution in [2.75, 3.05) is 13.7 Å². The number of ether oxygens (including phenoxy) is 1. The minimum Gasteiger partial charge on any atom is -0.480 e. The van der Waals surface area contributed by atoms with Crippen molar-refractivity contribution in [1.29, 1.82) is 0 Å². The number of hydrogen-bond acceptors (Lipinski definition) is 3. The summed E-state index contributed by atoms with van der Waals surface area (Å²) in [5.74, 6) is -0.778. The van der Waals surface area contributed by atoms with Crippen molar-refractivity contribution in [2.24, 2.45) is 0 Å². The molecule has 64 valence electrons. The molecule has 1 N–H and O–H groups in total. The molecule has 11 heavy (non-hydrogen) atoms. The van der Waals surface area contributed by atoms with Gasteiger partial charge in [-0.3, -0.25) is 9.46 Å². The van der Waals surface area contributed by atoms with E-state index in [2.05, 4.69) is 9.39 Å². The lowest BCUT2D eigenvalue weighted by Gasteiger charge is -2.12. The number of methoxy groups -OCH3 is 1. The van der Waals surface area contributed by atoms with Crippen LogP contribution < -0.4 is 0 Å². The van der Waals surface area contributed by atoms with Crippen LogP contribution in [0.4, 0.5) is 0 Å². The van der Waals surface area contributed by atoms with E-state index in [-0.39, 0.29) is 6.10 Å². The number of nitrogens with zero attached hydrogens (tertiary/aromatic N) is 1. The van der Waals surface area contributed by atoms with Crippen LogP contribution in [0.25, 0.3) is 0 Å². The maximum Gasteiger partial charge on any atom is 0.321 e. The zero-order chi connectivity index (χ0) is 8.43. The van der Waals surface area contributed by atoms with Crippen LogP contribution in [0.15, 0.2) is 0 Å². The van der Waals surface area contributed by atoms with Crippen molar-refractivity contribution in [3.63, 3.8) is 0 Å². The molecule has 5 heteroatoms. The van der Waals surface area contributed by atoms with Crippen molar-refractivity contribution < 1.29 is 14.6 Å². The Bertz CT molecular complexity index is 164. The summed E-state index contributed by atoms with van der Waals surface area (Å²) >= 11 is 0. The van der Waals surface area contributed by atoms with E-state index in [1.807, 2.05) is 0 Å². The Hall–Kier alpha value is -0.180. The van der Waals surface area contributed by atoms with Crippen molar-refractivity contribution in [2.45, 2.75) is 18.6 Å². The highest BCUT2D eigenvalue weighted by Crippen LogP contribution is 2.23. The van der Waals surface area contributed by atoms with E-state index in [1.165, 1.54) is 0 Å². The summed E-state index contributed by atoms with van der Waals surface area (Å²) < 4.78 is 6.76. The smallest absolute Gasteiger partial charge is 0.321 e. The van der Waals surface area contributed by atoms with Gasteiger partial charge in [0, 0.05) is 20.1 Å². The lowest BCUT2D eigenvalue weighted by atomic mass is 10.2. The summed E-state index contributed by atoms with van der Waals surface area (Å²) in [6.07, 6.45) is 0.642. The zero-order valence-corrected chi connectivity index (χ0v) is 7.51. The molecule has 0 saturated carbocycles. The van der Waals surface area contributed by atoms with Crippen molar-refractivity contribution in [3.8, 4) is 0 Å². The van der Waals surface area contributed by atoms with Gasteiger partial charge >= 0.3 is 5.97 Å². The second-order valence-corrected chi connectivity index (χ2v) is 3.31. The van der Waals surface area contributed by atoms with Crippen LogP contribution in [0.2, 0.25) is 0 Å². The molecular weight excluding hydrogens is 165 g/mol. The minimum atomic E-state index is -0.778. The van der Waals surface area contributed by atoms with Crippen LogP contribution >= 0.6 is 9.39 Å². The standard InChI is InChI=1S/C6H12NO3P/c1-10-4-2-5(6(8)9)7(11)3-4/h4-5H,2-3,11H2,1H3,(H,8,9). The molecule has 1 heterocycles. The summed E-state index contributed by atoms with van der Waals surface area (Å²) in [6.45, 7) is 0.679. The van der Waals surface area contributed by atoms with Gasteiger partial charge in [-0.15, -0.1) is 0 Å². The molecule has 0 aromatic carbocycles. The van der Waals surface area contributed by atoms with Gasteiger partial charge in [0.25, 0.3) is 0 Å². The first-order valence-electron chi connectivity index (χ1n) is 3.42. The third-order valence-electron chi connectivity index (χ3n) is 1.92. The number of hydrogen-bond donors (Lipinski definition) is 1. The zero-order valence-electron chi connectivity index (χ0n) is 6.36. The normalized spacial score (nSPS) is 32.5. The van der Waals surface area contributed by atoms with Crippen molar-refractivity contribution in [3.05, 3.63) is 0 Å². The fraction of sp³-hybridized carbons (Fsp3) is 0.833. The molecule has 1 fully saturated rings. The van der Waals surface area contributed by atoms with Crippen LogP contribution in [-0.4, -0.2) is 41.5 Å². The summed E-state index contributed by atoms with van der Waals surface area (Å²) in [7, 11) is 4.01. The maximum absolute atomic E-state index is 10.6. The number of carboxylic acid groups (broad SMARTS) is 1. The molecule has 0 aromatic heterocycles. The summed E-state index contributed by atoms with van der Waals surface area (Å²) in [6, 6.07) is -0.398. The first kappa shape index (κ1) is 8.91. The van der Waals surface area contributed by atoms with E-state index in [9.17, 15) is 4.79 Å². The molecule has 0 bridgehead atoms. The molecule has 0 amide bonds. The van der Waals surface area contributed by atoms with Crippen molar-refractivity contribution >= 4 is 15.4 Å². The second kappa shape index (κ2) is 3.48. The second-order valence-electron chi connectivity index (χ2n) is 2.64. The number of aliphatic carboxylic acids is 1. The number of carbonyl (C=O) groups is 1. The van der Waals surface area contributed by atoms with Gasteiger partial charge in [0.2, 0.25) is 0 Å². The molecular formula is C6H12NO3P. The Morgan fingerprint density at radius 2 is 2.45 bits per heavy atom. The molecule has 0 aromatic rings. The molecule has 4 nitrogen and oxygen atoms in total. The first-order valence-corrected chi connectivity index (χ1v) is 3.93. The highest BCUT2D eigenvalue weighted by molar-refractivity contribution is 7.13. The molecule has 0 spiro atoms. The molecule has 3 unspecified atom stereocenters. The van der Waals surface area contributed by atoms with Gasteiger partial charge < -0.3 is 9.84 Å². The Morgan fingerprint density at radius 1 is 1.82 bits per heavy atom. The SMILES string of the molecule is COC1CC(C(=O)O)N(P)C1. The van der Waals surface area contributed by atoms with Gasteiger partial charge in [0.15, 0.2) is 0 Å². The van der Waals surface area contributed by atoms with Crippen LogP contribution in [0.1, 0.15) is 6.42 Å². The average Bonchev–Trinajstić information content (AvgIpc) is 2.30. The van der Waals surface area contributed by atoms with E-state index in [0.717, 1.165) is 0 Å². The summed E-state index contributed by atoms with van der Waals surface area (Å²) in [5, 5.41) is 8.69. The molecule has 1 aliphatic rings. The highest BCUT2D eigenvalue weighted by atomic mass is 31.0. The molecule has 1 rings (SSSR count). The van der Waals surface area contributed by atoms with Crippen LogP contribution in [-0.2, 0) is 9.53 Å². The predicted molar refractivity (Wildman–Crippen MR) is 43.3 cm³/mol. The van der Waals surface area contributed by atoms with Crippen molar-refractivity contribution in [1.82, 2.24) is 4.67 Å². The average molecular weight is 177 g/mol. The Morgan fingerprint density at radius 3 is 2.73 bits per heavy atom. The molecule has 1 saturated heterocycles. The largest absolute Gasteiger partial charge is 0.480 e. The van der Waals surface area contributed by atoms with Gasteiger partial charge in [0.05, 0.1) is 6.10 Å². The summed E-state index contributed by atoms with van der Waals surface area (Å²) in [4.78, 5) is 10.6. The fourth-order valence-corrected chi connectivity index (χ4v) is 1.72. The third kappa shape index (κ3) is 1.89. The Balaban J connectivity index is 2.51. The highest BCUT2D eigenvalue weighted by Gasteiger charge is 2.34. The van der Waals surface area contributed by atoms with Gasteiger partial charge in [-0.25, -0.2) is 0 Å². The van der Waals surface area contributed by atoms with E-state index in [0.29, 0.717) is 13.0 Å². The molecule has 3 atom stereocenters. The third-order valence-corrected chi connectivity index (χ3v) is 2.49. The topological polar surface area (TPSA) is 49.8 Å². The van der Waals surface area contributed by atoms with Gasteiger partial charge in [-0.05, 0) is 0 Å². The van der Waals surface area contributed by atoms with E-state index >= 15 is 0 Å². The van der Waals surface area contributed by atoms with E-state index in [1.54, 1.807) is 11.8 Å². The van der Waals surface area contributed by atoms with Crippen LogP contribution in [0, 0.1) is 0 Å². The summed E-state index contributed by atoms with van der Waals surface area (Å²) in [5.41, 5.74) is 0. The van der Waals surface area contributed by atoms with Gasteiger partial charge in [-0.2, -0.15) is 0 Å². The maximum atomic E-state index is 10.6. The lowest BCUT2D eigenvalue weighted by Crippen LogP contribution is -2.28. The van der Waals surface area contributed by atoms with E-state index < -0.39 is 12.0 Å². The Kier molecular flexibility index (Phi) is 2.82. The van der Waals surface area contributed by atoms with Gasteiger partial charge in [0.1, 0.15) is 6.04 Å². The molecule has 1 aliphatic heterocycles. The fourth-order valence-electron chi connectivity index (χ4n) is 1.23. The predicted octanol–water partition coefficient (Wildman–Crippen LogP) is -0.0496. The molecule has 0 radical (unpaired) electrons. The van der Waals surface area contributed by atoms with Crippen LogP contribution in [0.5, 0.6) is 0 Å². The quantitative estimate of drug-likeness (QED) is 0.601.